The molecule has 2 fully saturated rings. The Hall–Kier alpha value is -1.75. The Morgan fingerprint density at radius 1 is 1.20 bits per heavy atom. The Balaban J connectivity index is 1.44. The number of carbonyl (C=O) groups is 1. The number of rotatable bonds is 4. The summed E-state index contributed by atoms with van der Waals surface area (Å²) in [7, 11) is 0. The predicted octanol–water partition coefficient (Wildman–Crippen LogP) is 1.04. The maximum atomic E-state index is 12.4. The highest BCUT2D eigenvalue weighted by atomic mass is 16.3. The van der Waals surface area contributed by atoms with Gasteiger partial charge in [0.1, 0.15) is 5.75 Å². The Kier molecular flexibility index (Phi) is 5.84. The van der Waals surface area contributed by atoms with Crippen LogP contribution >= 0.6 is 0 Å². The Morgan fingerprint density at radius 3 is 2.56 bits per heavy atom. The summed E-state index contributed by atoms with van der Waals surface area (Å²) in [6, 6.07) is 7.73. The molecule has 5 nitrogen and oxygen atoms in total. The molecular formula is C20H32N3O2+. The molecule has 3 N–H and O–H groups in total. The van der Waals surface area contributed by atoms with E-state index in [1.807, 2.05) is 12.1 Å². The maximum Gasteiger partial charge on any atom is 0.275 e. The first-order valence-corrected chi connectivity index (χ1v) is 9.70. The van der Waals surface area contributed by atoms with Crippen LogP contribution < -0.4 is 15.1 Å². The van der Waals surface area contributed by atoms with Gasteiger partial charge in [0.15, 0.2) is 6.54 Å². The van der Waals surface area contributed by atoms with Crippen molar-refractivity contribution in [1.82, 2.24) is 5.32 Å². The fraction of sp³-hybridized carbons (Fsp3) is 0.650. The number of hydrogen-bond acceptors (Lipinski definition) is 3. The molecule has 1 aliphatic carbocycles. The van der Waals surface area contributed by atoms with Gasteiger partial charge in [0.2, 0.25) is 0 Å². The van der Waals surface area contributed by atoms with Gasteiger partial charge in [-0.15, -0.1) is 0 Å². The third-order valence-corrected chi connectivity index (χ3v) is 6.15. The van der Waals surface area contributed by atoms with Crippen LogP contribution in [-0.2, 0) is 4.79 Å². The normalized spacial score (nSPS) is 27.9. The summed E-state index contributed by atoms with van der Waals surface area (Å²) in [5.74, 6) is 1.80. The number of anilines is 1. The second-order valence-electron chi connectivity index (χ2n) is 7.87. The number of piperazine rings is 1. The van der Waals surface area contributed by atoms with Crippen molar-refractivity contribution in [2.45, 2.75) is 39.2 Å². The van der Waals surface area contributed by atoms with E-state index in [1.54, 1.807) is 12.1 Å². The molecule has 0 unspecified atom stereocenters. The summed E-state index contributed by atoms with van der Waals surface area (Å²) in [6.45, 7) is 9.01. The van der Waals surface area contributed by atoms with Gasteiger partial charge in [-0.1, -0.05) is 26.7 Å². The van der Waals surface area contributed by atoms with Gasteiger partial charge < -0.3 is 20.2 Å². The topological polar surface area (TPSA) is 57.0 Å². The molecule has 1 aromatic carbocycles. The van der Waals surface area contributed by atoms with Crippen LogP contribution in [0.25, 0.3) is 0 Å². The van der Waals surface area contributed by atoms with Gasteiger partial charge in [0.05, 0.1) is 26.2 Å². The molecule has 1 aliphatic heterocycles. The first-order valence-electron chi connectivity index (χ1n) is 9.70. The number of amides is 1. The van der Waals surface area contributed by atoms with Crippen molar-refractivity contribution in [3.05, 3.63) is 24.3 Å². The van der Waals surface area contributed by atoms with Crippen LogP contribution in [0.1, 0.15) is 33.1 Å². The van der Waals surface area contributed by atoms with E-state index in [1.165, 1.54) is 17.7 Å². The maximum absolute atomic E-state index is 12.4. The summed E-state index contributed by atoms with van der Waals surface area (Å²) < 4.78 is 0. The number of hydrogen-bond donors (Lipinski definition) is 3. The molecule has 1 saturated heterocycles. The molecule has 1 saturated carbocycles. The Bertz CT molecular complexity index is 567. The zero-order valence-corrected chi connectivity index (χ0v) is 15.5. The van der Waals surface area contributed by atoms with Gasteiger partial charge in [-0.25, -0.2) is 0 Å². The SMILES string of the molecule is C[C@@H]1[C@@H](C)CCC[C@H]1NC(=O)C[NH+]1CCN(c2ccc(O)cc2)CC1. The number of carbonyl (C=O) groups excluding carboxylic acids is 1. The quantitative estimate of drug-likeness (QED) is 0.763. The minimum Gasteiger partial charge on any atom is -0.508 e. The molecule has 3 atom stereocenters. The number of quaternary nitrogens is 1. The second kappa shape index (κ2) is 8.09. The molecule has 0 radical (unpaired) electrons. The van der Waals surface area contributed by atoms with Gasteiger partial charge in [-0.05, 0) is 42.5 Å². The van der Waals surface area contributed by atoms with E-state index >= 15 is 0 Å². The van der Waals surface area contributed by atoms with Crippen LogP contribution in [0.15, 0.2) is 24.3 Å². The van der Waals surface area contributed by atoms with Crippen LogP contribution in [0.4, 0.5) is 5.69 Å². The third-order valence-electron chi connectivity index (χ3n) is 6.15. The number of phenols is 1. The molecule has 25 heavy (non-hydrogen) atoms. The molecule has 138 valence electrons. The molecule has 0 bridgehead atoms. The number of benzene rings is 1. The molecule has 2 aliphatic rings. The lowest BCUT2D eigenvalue weighted by Crippen LogP contribution is -3.16. The zero-order valence-electron chi connectivity index (χ0n) is 15.5. The van der Waals surface area contributed by atoms with Gasteiger partial charge in [-0.2, -0.15) is 0 Å². The van der Waals surface area contributed by atoms with Crippen molar-refractivity contribution in [1.29, 1.82) is 0 Å². The Morgan fingerprint density at radius 2 is 1.88 bits per heavy atom. The van der Waals surface area contributed by atoms with E-state index in [9.17, 15) is 9.90 Å². The van der Waals surface area contributed by atoms with Crippen molar-refractivity contribution in [2.75, 3.05) is 37.6 Å². The monoisotopic (exact) mass is 346 g/mol. The summed E-state index contributed by atoms with van der Waals surface area (Å²) in [4.78, 5) is 16.1. The lowest BCUT2D eigenvalue weighted by atomic mass is 9.78. The molecule has 1 amide bonds. The molecule has 5 heteroatoms. The van der Waals surface area contributed by atoms with Gasteiger partial charge in [-0.3, -0.25) is 4.79 Å². The number of phenolic OH excluding ortho intramolecular Hbond substituents is 1. The molecule has 1 aromatic rings. The first-order chi connectivity index (χ1) is 12.0. The number of nitrogens with one attached hydrogen (secondary N) is 2. The lowest BCUT2D eigenvalue weighted by Gasteiger charge is -2.36. The van der Waals surface area contributed by atoms with E-state index in [0.717, 1.165) is 38.3 Å². The number of nitrogens with zero attached hydrogens (tertiary/aromatic N) is 1. The van der Waals surface area contributed by atoms with Crippen LogP contribution in [0, 0.1) is 11.8 Å². The summed E-state index contributed by atoms with van der Waals surface area (Å²) in [5, 5.41) is 12.7. The smallest absolute Gasteiger partial charge is 0.275 e. The first kappa shape index (κ1) is 18.1. The van der Waals surface area contributed by atoms with Crippen molar-refractivity contribution in [3.63, 3.8) is 0 Å². The summed E-state index contributed by atoms with van der Waals surface area (Å²) in [5.41, 5.74) is 1.14. The van der Waals surface area contributed by atoms with Crippen molar-refractivity contribution in [2.24, 2.45) is 11.8 Å². The summed E-state index contributed by atoms with van der Waals surface area (Å²) in [6.07, 6.45) is 3.65. The van der Waals surface area contributed by atoms with Crippen LogP contribution in [-0.4, -0.2) is 49.8 Å². The molecule has 3 rings (SSSR count). The molecule has 0 spiro atoms. The van der Waals surface area contributed by atoms with Gasteiger partial charge >= 0.3 is 0 Å². The minimum atomic E-state index is 0.207. The molecular weight excluding hydrogens is 314 g/mol. The largest absolute Gasteiger partial charge is 0.508 e. The second-order valence-corrected chi connectivity index (χ2v) is 7.87. The standard InChI is InChI=1S/C20H31N3O2/c1-15-4-3-5-19(16(15)2)21-20(25)14-22-10-12-23(13-11-22)17-6-8-18(24)9-7-17/h6-9,15-16,19,24H,3-5,10-14H2,1-2H3,(H,21,25)/p+1/t15-,16+,19+/m0/s1. The van der Waals surface area contributed by atoms with E-state index in [4.69, 9.17) is 0 Å². The van der Waals surface area contributed by atoms with E-state index in [0.29, 0.717) is 30.2 Å². The van der Waals surface area contributed by atoms with Crippen molar-refractivity contribution in [3.8, 4) is 5.75 Å². The lowest BCUT2D eigenvalue weighted by molar-refractivity contribution is -0.892. The highest BCUT2D eigenvalue weighted by Crippen LogP contribution is 2.29. The van der Waals surface area contributed by atoms with Crippen LogP contribution in [0.2, 0.25) is 0 Å². The van der Waals surface area contributed by atoms with Crippen LogP contribution in [0.3, 0.4) is 0 Å². The predicted molar refractivity (Wildman–Crippen MR) is 100.0 cm³/mol. The van der Waals surface area contributed by atoms with Gasteiger partial charge in [0, 0.05) is 11.7 Å². The fourth-order valence-electron chi connectivity index (χ4n) is 4.19. The molecule has 1 heterocycles. The molecule has 0 aromatic heterocycles. The van der Waals surface area contributed by atoms with E-state index in [-0.39, 0.29) is 5.91 Å². The van der Waals surface area contributed by atoms with Crippen molar-refractivity contribution >= 4 is 11.6 Å². The minimum absolute atomic E-state index is 0.207. The van der Waals surface area contributed by atoms with E-state index < -0.39 is 0 Å². The average molecular weight is 346 g/mol. The average Bonchev–Trinajstić information content (AvgIpc) is 2.60. The zero-order chi connectivity index (χ0) is 17.8. The fourth-order valence-corrected chi connectivity index (χ4v) is 4.19. The highest BCUT2D eigenvalue weighted by molar-refractivity contribution is 5.77. The van der Waals surface area contributed by atoms with E-state index in [2.05, 4.69) is 24.1 Å². The highest BCUT2D eigenvalue weighted by Gasteiger charge is 2.29. The Labute approximate surface area is 151 Å². The summed E-state index contributed by atoms with van der Waals surface area (Å²) >= 11 is 0. The van der Waals surface area contributed by atoms with Gasteiger partial charge in [0.25, 0.3) is 5.91 Å². The third kappa shape index (κ3) is 4.66. The number of aromatic hydroxyl groups is 1. The van der Waals surface area contributed by atoms with Crippen molar-refractivity contribution < 1.29 is 14.8 Å². The van der Waals surface area contributed by atoms with Crippen LogP contribution in [0.5, 0.6) is 5.75 Å².